The van der Waals surface area contributed by atoms with Gasteiger partial charge < -0.3 is 10.1 Å². The number of thiophene rings is 1. The Morgan fingerprint density at radius 1 is 1.42 bits per heavy atom. The van der Waals surface area contributed by atoms with Gasteiger partial charge in [-0.2, -0.15) is 0 Å². The first kappa shape index (κ1) is 17.4. The molecule has 0 radical (unpaired) electrons. The zero-order chi connectivity index (χ0) is 17.1. The maximum absolute atomic E-state index is 13.1. The number of thioether (sulfide) groups is 1. The fourth-order valence-corrected chi connectivity index (χ4v) is 5.11. The van der Waals surface area contributed by atoms with E-state index in [2.05, 4.69) is 5.32 Å². The summed E-state index contributed by atoms with van der Waals surface area (Å²) < 4.78 is 6.79. The van der Waals surface area contributed by atoms with Crippen LogP contribution in [0.15, 0.2) is 9.95 Å². The Bertz CT molecular complexity index is 813. The van der Waals surface area contributed by atoms with Crippen LogP contribution in [0, 0.1) is 0 Å². The Balaban J connectivity index is 2.07. The molecule has 2 aromatic rings. The van der Waals surface area contributed by atoms with Crippen LogP contribution in [0.4, 0.5) is 0 Å². The van der Waals surface area contributed by atoms with Crippen LogP contribution in [0.25, 0.3) is 10.2 Å². The van der Waals surface area contributed by atoms with Gasteiger partial charge in [-0.05, 0) is 31.2 Å². The van der Waals surface area contributed by atoms with Gasteiger partial charge in [-0.25, -0.2) is 4.98 Å². The van der Waals surface area contributed by atoms with Crippen molar-refractivity contribution in [2.24, 2.45) is 0 Å². The summed E-state index contributed by atoms with van der Waals surface area (Å²) in [5, 5.41) is 3.96. The van der Waals surface area contributed by atoms with E-state index in [-0.39, 0.29) is 17.2 Å². The minimum absolute atomic E-state index is 0.00384. The van der Waals surface area contributed by atoms with E-state index in [1.54, 1.807) is 30.1 Å². The van der Waals surface area contributed by atoms with Crippen molar-refractivity contribution in [1.82, 2.24) is 14.9 Å². The predicted molar refractivity (Wildman–Crippen MR) is 97.2 cm³/mol. The Hall–Kier alpha value is -1.38. The molecule has 1 N–H and O–H groups in total. The zero-order valence-corrected chi connectivity index (χ0v) is 15.5. The number of amides is 1. The molecule has 24 heavy (non-hydrogen) atoms. The van der Waals surface area contributed by atoms with Gasteiger partial charge in [-0.15, -0.1) is 11.3 Å². The second-order valence-corrected chi connectivity index (χ2v) is 7.72. The third-order valence-corrected chi connectivity index (χ3v) is 6.33. The van der Waals surface area contributed by atoms with E-state index in [9.17, 15) is 9.59 Å². The molecule has 0 bridgehead atoms. The maximum Gasteiger partial charge on any atom is 0.263 e. The lowest BCUT2D eigenvalue weighted by Crippen LogP contribution is -2.26. The number of hydrogen-bond donors (Lipinski definition) is 1. The summed E-state index contributed by atoms with van der Waals surface area (Å²) in [5.41, 5.74) is 1.18. The van der Waals surface area contributed by atoms with Crippen LogP contribution in [-0.2, 0) is 28.9 Å². The molecule has 1 aliphatic carbocycles. The molecule has 1 amide bonds. The third-order valence-electron chi connectivity index (χ3n) is 4.17. The minimum Gasteiger partial charge on any atom is -0.383 e. The Kier molecular flexibility index (Phi) is 5.57. The van der Waals surface area contributed by atoms with Crippen LogP contribution in [-0.4, -0.2) is 42.0 Å². The third kappa shape index (κ3) is 3.36. The van der Waals surface area contributed by atoms with Gasteiger partial charge in [-0.3, -0.25) is 14.2 Å². The van der Waals surface area contributed by atoms with Crippen molar-refractivity contribution in [2.45, 2.75) is 37.4 Å². The lowest BCUT2D eigenvalue weighted by molar-refractivity contribution is -0.118. The molecule has 0 unspecified atom stereocenters. The number of nitrogens with zero attached hydrogens (tertiary/aromatic N) is 2. The van der Waals surface area contributed by atoms with Crippen LogP contribution in [0.5, 0.6) is 0 Å². The number of fused-ring (bicyclic) bond motifs is 3. The van der Waals surface area contributed by atoms with Crippen molar-refractivity contribution in [3.8, 4) is 0 Å². The number of carbonyl (C=O) groups excluding carboxylic acids is 1. The van der Waals surface area contributed by atoms with Crippen molar-refractivity contribution in [3.05, 3.63) is 20.8 Å². The van der Waals surface area contributed by atoms with Crippen LogP contribution in [0.3, 0.4) is 0 Å². The first-order valence-corrected chi connectivity index (χ1v) is 9.83. The van der Waals surface area contributed by atoms with E-state index in [1.807, 2.05) is 0 Å². The number of rotatable bonds is 6. The van der Waals surface area contributed by atoms with E-state index in [1.165, 1.54) is 28.6 Å². The average Bonchev–Trinajstić information content (AvgIpc) is 2.97. The van der Waals surface area contributed by atoms with Crippen molar-refractivity contribution in [2.75, 3.05) is 26.5 Å². The summed E-state index contributed by atoms with van der Waals surface area (Å²) in [7, 11) is 3.21. The van der Waals surface area contributed by atoms with Crippen LogP contribution in [0.2, 0.25) is 0 Å². The van der Waals surface area contributed by atoms with Gasteiger partial charge in [-0.1, -0.05) is 11.8 Å². The smallest absolute Gasteiger partial charge is 0.263 e. The molecule has 2 aromatic heterocycles. The van der Waals surface area contributed by atoms with E-state index in [4.69, 9.17) is 9.72 Å². The van der Waals surface area contributed by atoms with E-state index in [0.29, 0.717) is 18.3 Å². The van der Waals surface area contributed by atoms with Crippen LogP contribution < -0.4 is 10.9 Å². The molecule has 0 saturated heterocycles. The summed E-state index contributed by atoms with van der Waals surface area (Å²) in [5.74, 6) is 0.157. The maximum atomic E-state index is 13.1. The van der Waals surface area contributed by atoms with E-state index in [0.717, 1.165) is 29.5 Å². The number of ether oxygens (including phenoxy) is 1. The molecule has 0 fully saturated rings. The summed E-state index contributed by atoms with van der Waals surface area (Å²) in [6, 6.07) is 0. The standard InChI is InChI=1S/C16H21N3O3S2/c1-17-12(20)9-23-16-18-14-13(15(21)19(16)7-8-22-2)10-5-3-4-6-11(10)24-14/h3-9H2,1-2H3,(H,17,20). The van der Waals surface area contributed by atoms with Crippen LogP contribution >= 0.6 is 23.1 Å². The van der Waals surface area contributed by atoms with Gasteiger partial charge in [0, 0.05) is 19.0 Å². The highest BCUT2D eigenvalue weighted by atomic mass is 32.2. The lowest BCUT2D eigenvalue weighted by Gasteiger charge is -2.13. The largest absolute Gasteiger partial charge is 0.383 e. The van der Waals surface area contributed by atoms with Crippen molar-refractivity contribution in [1.29, 1.82) is 0 Å². The van der Waals surface area contributed by atoms with E-state index < -0.39 is 0 Å². The molecule has 3 rings (SSSR count). The molecule has 0 aliphatic heterocycles. The van der Waals surface area contributed by atoms with Gasteiger partial charge in [0.25, 0.3) is 5.56 Å². The quantitative estimate of drug-likeness (QED) is 0.623. The van der Waals surface area contributed by atoms with Gasteiger partial charge in [0.2, 0.25) is 5.91 Å². The first-order valence-electron chi connectivity index (χ1n) is 8.03. The number of nitrogens with one attached hydrogen (secondary N) is 1. The highest BCUT2D eigenvalue weighted by Gasteiger charge is 2.22. The highest BCUT2D eigenvalue weighted by Crippen LogP contribution is 2.34. The Morgan fingerprint density at radius 2 is 2.21 bits per heavy atom. The summed E-state index contributed by atoms with van der Waals surface area (Å²) in [6.07, 6.45) is 4.30. The molecular weight excluding hydrogens is 346 g/mol. The number of aryl methyl sites for hydroxylation is 2. The molecule has 1 aliphatic rings. The fraction of sp³-hybridized carbons (Fsp3) is 0.562. The fourth-order valence-electron chi connectivity index (χ4n) is 2.91. The number of aromatic nitrogens is 2. The van der Waals surface area contributed by atoms with E-state index >= 15 is 0 Å². The molecule has 8 heteroatoms. The SMILES string of the molecule is CNC(=O)CSc1nc2sc3c(c2c(=O)n1CCOC)CCCC3. The Morgan fingerprint density at radius 3 is 2.96 bits per heavy atom. The monoisotopic (exact) mass is 367 g/mol. The topological polar surface area (TPSA) is 73.2 Å². The molecule has 6 nitrogen and oxygen atoms in total. The predicted octanol–water partition coefficient (Wildman–Crippen LogP) is 1.82. The summed E-state index contributed by atoms with van der Waals surface area (Å²) in [4.78, 5) is 31.4. The molecule has 0 atom stereocenters. The molecule has 2 heterocycles. The van der Waals surface area contributed by atoms with Gasteiger partial charge in [0.1, 0.15) is 4.83 Å². The normalized spacial score (nSPS) is 13.9. The number of hydrogen-bond acceptors (Lipinski definition) is 6. The molecule has 130 valence electrons. The second kappa shape index (κ2) is 7.67. The molecular formula is C16H21N3O3S2. The minimum atomic E-state index is -0.0851. The zero-order valence-electron chi connectivity index (χ0n) is 13.9. The number of methoxy groups -OCH3 is 1. The van der Waals surface area contributed by atoms with Gasteiger partial charge in [0.05, 0.1) is 24.3 Å². The van der Waals surface area contributed by atoms with Crippen LogP contribution in [0.1, 0.15) is 23.3 Å². The number of carbonyl (C=O) groups is 1. The first-order chi connectivity index (χ1) is 11.7. The Labute approximate surface area is 148 Å². The average molecular weight is 367 g/mol. The van der Waals surface area contributed by atoms with Crippen molar-refractivity contribution < 1.29 is 9.53 Å². The van der Waals surface area contributed by atoms with Crippen molar-refractivity contribution >= 4 is 39.2 Å². The molecule has 0 saturated carbocycles. The summed E-state index contributed by atoms with van der Waals surface area (Å²) in [6.45, 7) is 0.881. The second-order valence-electron chi connectivity index (χ2n) is 5.70. The highest BCUT2D eigenvalue weighted by molar-refractivity contribution is 7.99. The summed E-state index contributed by atoms with van der Waals surface area (Å²) >= 11 is 2.93. The van der Waals surface area contributed by atoms with Gasteiger partial charge in [0.15, 0.2) is 5.16 Å². The molecule has 0 aromatic carbocycles. The molecule has 0 spiro atoms. The lowest BCUT2D eigenvalue weighted by atomic mass is 9.97. The van der Waals surface area contributed by atoms with Crippen molar-refractivity contribution in [3.63, 3.8) is 0 Å². The van der Waals surface area contributed by atoms with Gasteiger partial charge >= 0.3 is 0 Å².